The molecule has 1 aliphatic rings. The number of nitrogens with zero attached hydrogens (tertiary/aromatic N) is 2. The first-order valence-electron chi connectivity index (χ1n) is 5.28. The number of aromatic nitrogens is 2. The van der Waals surface area contributed by atoms with E-state index in [9.17, 15) is 0 Å². The van der Waals surface area contributed by atoms with E-state index in [1.54, 1.807) is 6.20 Å². The van der Waals surface area contributed by atoms with Gasteiger partial charge in [-0.25, -0.2) is 4.98 Å². The second-order valence-corrected chi connectivity index (χ2v) is 3.77. The average Bonchev–Trinajstić information content (AvgIpc) is 2.33. The minimum Gasteiger partial charge on any atom is -0.381 e. The second-order valence-electron chi connectivity index (χ2n) is 3.77. The fourth-order valence-corrected chi connectivity index (χ4v) is 1.75. The zero-order chi connectivity index (χ0) is 11.5. The normalized spacial score (nSPS) is 20.6. The zero-order valence-electron chi connectivity index (χ0n) is 8.94. The van der Waals surface area contributed by atoms with Gasteiger partial charge in [0.25, 0.3) is 0 Å². The van der Waals surface area contributed by atoms with Gasteiger partial charge >= 0.3 is 0 Å². The quantitative estimate of drug-likeness (QED) is 0.470. The van der Waals surface area contributed by atoms with E-state index < -0.39 is 0 Å². The fraction of sp³-hybridized carbons (Fsp3) is 0.500. The molecule has 0 saturated carbocycles. The van der Waals surface area contributed by atoms with Gasteiger partial charge in [0, 0.05) is 19.0 Å². The van der Waals surface area contributed by atoms with Gasteiger partial charge in [-0.1, -0.05) is 0 Å². The van der Waals surface area contributed by atoms with Crippen LogP contribution >= 0.6 is 0 Å². The Bertz CT molecular complexity index is 447. The van der Waals surface area contributed by atoms with Crippen LogP contribution in [0.3, 0.4) is 0 Å². The highest BCUT2D eigenvalue weighted by atomic mass is 16.5. The summed E-state index contributed by atoms with van der Waals surface area (Å²) in [5.74, 6) is 0.391. The maximum absolute atomic E-state index is 8.00. The van der Waals surface area contributed by atoms with Crippen LogP contribution in [0.1, 0.15) is 19.3 Å². The van der Waals surface area contributed by atoms with Gasteiger partial charge in [-0.15, -0.1) is 0 Å². The molecule has 1 atom stereocenters. The molecule has 0 radical (unpaired) electrons. The van der Waals surface area contributed by atoms with Crippen LogP contribution in [0.25, 0.3) is 0 Å². The van der Waals surface area contributed by atoms with Crippen LogP contribution in [-0.2, 0) is 4.74 Å². The van der Waals surface area contributed by atoms with Crippen molar-refractivity contribution in [2.45, 2.75) is 25.4 Å². The molecule has 1 saturated heterocycles. The van der Waals surface area contributed by atoms with E-state index in [1.807, 2.05) is 0 Å². The maximum atomic E-state index is 8.00. The number of nitrogens with two attached hydrogens (primary N) is 1. The molecule has 2 rings (SSSR count). The SMILES string of the molecule is N=C(C1CCCCO1)n1ccnc(N)c1=N. The van der Waals surface area contributed by atoms with Crippen molar-refractivity contribution >= 4 is 11.7 Å². The van der Waals surface area contributed by atoms with E-state index >= 15 is 0 Å². The Hall–Kier alpha value is -1.69. The number of nitrogen functional groups attached to an aromatic ring is 1. The van der Waals surface area contributed by atoms with Crippen LogP contribution in [0, 0.1) is 10.8 Å². The molecule has 6 nitrogen and oxygen atoms in total. The third-order valence-electron chi connectivity index (χ3n) is 2.66. The first kappa shape index (κ1) is 10.8. The Kier molecular flexibility index (Phi) is 3.00. The third-order valence-corrected chi connectivity index (χ3v) is 2.66. The Morgan fingerprint density at radius 3 is 3.06 bits per heavy atom. The standard InChI is InChI=1S/C10H15N5O/c11-8-10(13)15(5-4-14-8)9(12)7-3-1-2-6-16-7/h4-5,7,12-13H,1-3,6H2,(H2,11,14). The molecular formula is C10H15N5O. The van der Waals surface area contributed by atoms with E-state index in [-0.39, 0.29) is 23.2 Å². The predicted octanol–water partition coefficient (Wildman–Crippen LogP) is 0.339. The van der Waals surface area contributed by atoms with Crippen molar-refractivity contribution in [3.8, 4) is 0 Å². The Balaban J connectivity index is 2.26. The summed E-state index contributed by atoms with van der Waals surface area (Å²) in [6, 6.07) is 0. The van der Waals surface area contributed by atoms with Gasteiger partial charge in [0.1, 0.15) is 11.9 Å². The van der Waals surface area contributed by atoms with E-state index in [1.165, 1.54) is 10.8 Å². The van der Waals surface area contributed by atoms with Gasteiger partial charge in [0.2, 0.25) is 0 Å². The molecule has 0 spiro atoms. The Morgan fingerprint density at radius 1 is 1.56 bits per heavy atom. The van der Waals surface area contributed by atoms with Gasteiger partial charge in [-0.3, -0.25) is 15.4 Å². The molecule has 0 bridgehead atoms. The molecule has 0 aromatic carbocycles. The smallest absolute Gasteiger partial charge is 0.173 e. The molecule has 1 unspecified atom stereocenters. The Morgan fingerprint density at radius 2 is 2.38 bits per heavy atom. The molecule has 1 aliphatic heterocycles. The van der Waals surface area contributed by atoms with Crippen molar-refractivity contribution in [3.05, 3.63) is 17.9 Å². The van der Waals surface area contributed by atoms with E-state index in [4.69, 9.17) is 21.3 Å². The molecule has 1 aromatic rings. The molecule has 1 fully saturated rings. The monoisotopic (exact) mass is 221 g/mol. The first-order valence-corrected chi connectivity index (χ1v) is 5.28. The summed E-state index contributed by atoms with van der Waals surface area (Å²) in [5, 5.41) is 15.7. The van der Waals surface area contributed by atoms with Crippen molar-refractivity contribution in [1.29, 1.82) is 10.8 Å². The number of nitrogens with one attached hydrogen (secondary N) is 2. The molecule has 6 heteroatoms. The summed E-state index contributed by atoms with van der Waals surface area (Å²) in [6.07, 6.45) is 5.75. The van der Waals surface area contributed by atoms with Crippen molar-refractivity contribution < 1.29 is 4.74 Å². The van der Waals surface area contributed by atoms with Crippen LogP contribution in [0.4, 0.5) is 5.82 Å². The lowest BCUT2D eigenvalue weighted by Gasteiger charge is -2.24. The van der Waals surface area contributed by atoms with Crippen molar-refractivity contribution in [3.63, 3.8) is 0 Å². The van der Waals surface area contributed by atoms with Crippen LogP contribution < -0.4 is 11.2 Å². The topological polar surface area (TPSA) is 101 Å². The van der Waals surface area contributed by atoms with Crippen LogP contribution in [0.2, 0.25) is 0 Å². The van der Waals surface area contributed by atoms with Gasteiger partial charge in [0.05, 0.1) is 0 Å². The minimum atomic E-state index is -0.232. The highest BCUT2D eigenvalue weighted by Gasteiger charge is 2.20. The lowest BCUT2D eigenvalue weighted by Crippen LogP contribution is -2.38. The van der Waals surface area contributed by atoms with Crippen LogP contribution in [0.5, 0.6) is 0 Å². The lowest BCUT2D eigenvalue weighted by atomic mass is 10.1. The molecule has 1 aromatic heterocycles. The molecule has 2 heterocycles. The van der Waals surface area contributed by atoms with Crippen LogP contribution in [0.15, 0.2) is 12.4 Å². The number of hydrogen-bond acceptors (Lipinski definition) is 5. The number of rotatable bonds is 1. The number of anilines is 1. The molecule has 86 valence electrons. The molecule has 16 heavy (non-hydrogen) atoms. The van der Waals surface area contributed by atoms with Gasteiger partial charge in [-0.2, -0.15) is 0 Å². The second kappa shape index (κ2) is 4.44. The molecular weight excluding hydrogens is 206 g/mol. The van der Waals surface area contributed by atoms with Crippen LogP contribution in [-0.4, -0.2) is 28.1 Å². The first-order chi connectivity index (χ1) is 7.70. The summed E-state index contributed by atoms with van der Waals surface area (Å²) < 4.78 is 6.91. The summed E-state index contributed by atoms with van der Waals surface area (Å²) >= 11 is 0. The maximum Gasteiger partial charge on any atom is 0.173 e. The van der Waals surface area contributed by atoms with E-state index in [0.29, 0.717) is 6.61 Å². The minimum absolute atomic E-state index is 0.0432. The average molecular weight is 221 g/mol. The largest absolute Gasteiger partial charge is 0.381 e. The van der Waals surface area contributed by atoms with E-state index in [2.05, 4.69) is 4.98 Å². The summed E-state index contributed by atoms with van der Waals surface area (Å²) in [5.41, 5.74) is 5.57. The van der Waals surface area contributed by atoms with Crippen molar-refractivity contribution in [2.24, 2.45) is 0 Å². The summed E-state index contributed by atoms with van der Waals surface area (Å²) in [7, 11) is 0. The number of hydrogen-bond donors (Lipinski definition) is 3. The number of ether oxygens (including phenoxy) is 1. The predicted molar refractivity (Wildman–Crippen MR) is 59.2 cm³/mol. The van der Waals surface area contributed by atoms with Crippen molar-refractivity contribution in [1.82, 2.24) is 9.55 Å². The summed E-state index contributed by atoms with van der Waals surface area (Å²) in [6.45, 7) is 0.682. The highest BCUT2D eigenvalue weighted by Crippen LogP contribution is 2.13. The third kappa shape index (κ3) is 1.96. The fourth-order valence-electron chi connectivity index (χ4n) is 1.75. The lowest BCUT2D eigenvalue weighted by molar-refractivity contribution is 0.0560. The van der Waals surface area contributed by atoms with Gasteiger partial charge in [-0.05, 0) is 19.3 Å². The van der Waals surface area contributed by atoms with Gasteiger partial charge in [0.15, 0.2) is 11.3 Å². The molecule has 0 amide bonds. The molecule has 4 N–H and O–H groups in total. The van der Waals surface area contributed by atoms with Gasteiger partial charge < -0.3 is 10.5 Å². The van der Waals surface area contributed by atoms with E-state index in [0.717, 1.165) is 19.3 Å². The summed E-state index contributed by atoms with van der Waals surface area (Å²) in [4.78, 5) is 3.80. The Labute approximate surface area is 93.1 Å². The molecule has 0 aliphatic carbocycles. The zero-order valence-corrected chi connectivity index (χ0v) is 8.94. The van der Waals surface area contributed by atoms with Crippen molar-refractivity contribution in [2.75, 3.05) is 12.3 Å². The highest BCUT2D eigenvalue weighted by molar-refractivity contribution is 5.85.